The Morgan fingerprint density at radius 3 is 1.38 bits per heavy atom. The molecule has 6 aliphatic rings. The molecule has 4 bridgehead atoms. The third-order valence-electron chi connectivity index (χ3n) is 16.2. The van der Waals surface area contributed by atoms with Gasteiger partial charge in [0.25, 0.3) is 20.2 Å². The van der Waals surface area contributed by atoms with E-state index in [1.54, 1.807) is 0 Å². The lowest BCUT2D eigenvalue weighted by Gasteiger charge is -2.25. The molecule has 0 spiro atoms. The zero-order chi connectivity index (χ0) is 61.3. The molecular formula is C68H86ClN3O13S4+2. The van der Waals surface area contributed by atoms with Gasteiger partial charge in [-0.05, 0) is 164 Å². The zero-order valence-corrected chi connectivity index (χ0v) is 54.1. The molecular weight excluding hydrogens is 1230 g/mol. The molecule has 10 atom stereocenters. The average molecular weight is 1320 g/mol. The van der Waals surface area contributed by atoms with Crippen LogP contribution in [0.2, 0.25) is 0 Å². The van der Waals surface area contributed by atoms with Gasteiger partial charge in [0.2, 0.25) is 0 Å². The summed E-state index contributed by atoms with van der Waals surface area (Å²) in [5.41, 5.74) is 3.79. The lowest BCUT2D eigenvalue weighted by molar-refractivity contribution is -0.158. The zero-order valence-electron chi connectivity index (χ0n) is 50.0. The second-order valence-electron chi connectivity index (χ2n) is 22.6. The largest absolute Gasteiger partial charge is 0.481 e. The maximum Gasteiger partial charge on any atom is 0.344 e. The van der Waals surface area contributed by atoms with Gasteiger partial charge >= 0.3 is 11.9 Å². The summed E-state index contributed by atoms with van der Waals surface area (Å²) in [6.07, 6.45) is 1.74. The number of carboxylic acid groups (broad SMARTS) is 1. The van der Waals surface area contributed by atoms with Gasteiger partial charge in [-0.2, -0.15) is 16.8 Å². The van der Waals surface area contributed by atoms with Gasteiger partial charge in [0.1, 0.15) is 29.8 Å². The van der Waals surface area contributed by atoms with Crippen molar-refractivity contribution in [3.05, 3.63) is 168 Å². The van der Waals surface area contributed by atoms with E-state index in [4.69, 9.17) is 27.7 Å². The molecule has 0 radical (unpaired) electrons. The molecule has 6 aromatic rings. The Bertz CT molecular complexity index is 3480. The molecule has 89 heavy (non-hydrogen) atoms. The van der Waals surface area contributed by atoms with Crippen LogP contribution >= 0.6 is 12.4 Å². The third kappa shape index (κ3) is 17.3. The van der Waals surface area contributed by atoms with Crippen molar-refractivity contribution in [1.29, 1.82) is 0 Å². The first-order valence-corrected chi connectivity index (χ1v) is 34.5. The molecule has 21 heteroatoms. The number of carbonyl (C=O) groups is 2. The van der Waals surface area contributed by atoms with Gasteiger partial charge in [-0.15, -0.1) is 12.4 Å². The molecule has 480 valence electrons. The van der Waals surface area contributed by atoms with Crippen molar-refractivity contribution in [2.24, 2.45) is 33.7 Å². The topological polar surface area (TPSA) is 217 Å². The van der Waals surface area contributed by atoms with E-state index in [0.717, 1.165) is 61.2 Å². The number of hydrogen-bond donors (Lipinski definition) is 2. The average Bonchev–Trinajstić information content (AvgIpc) is 1.58. The van der Waals surface area contributed by atoms with Crippen LogP contribution in [-0.2, 0) is 64.7 Å². The van der Waals surface area contributed by atoms with Gasteiger partial charge in [0.05, 0.1) is 50.9 Å². The molecule has 4 aliphatic carbocycles. The second-order valence-corrected chi connectivity index (χ2v) is 30.3. The Hall–Kier alpha value is -6.03. The summed E-state index contributed by atoms with van der Waals surface area (Å²) in [7, 11) is -3.25. The Kier molecular flexibility index (Phi) is 26.2. The maximum absolute atomic E-state index is 12.7. The lowest BCUT2D eigenvalue weighted by atomic mass is 9.94. The normalized spacial score (nSPS) is 23.5. The van der Waals surface area contributed by atoms with Crippen molar-refractivity contribution in [3.63, 3.8) is 0 Å². The predicted octanol–water partition coefficient (Wildman–Crippen LogP) is 12.0. The Balaban J connectivity index is 0.000000210. The molecule has 16 nitrogen and oxygen atoms in total. The van der Waals surface area contributed by atoms with E-state index >= 15 is 0 Å². The molecule has 2 N–H and O–H groups in total. The number of aliphatic hydroxyl groups is 1. The minimum Gasteiger partial charge on any atom is -0.481 e. The summed E-state index contributed by atoms with van der Waals surface area (Å²) in [5.74, 6) is 0.0715. The van der Waals surface area contributed by atoms with Gasteiger partial charge < -0.3 is 29.3 Å². The second kappa shape index (κ2) is 32.3. The number of nitrogens with zero attached hydrogens (tertiary/aromatic N) is 3. The van der Waals surface area contributed by atoms with Gasteiger partial charge in [0, 0.05) is 48.6 Å². The third-order valence-corrected chi connectivity index (χ3v) is 24.2. The van der Waals surface area contributed by atoms with Crippen LogP contribution in [0.4, 0.5) is 0 Å². The van der Waals surface area contributed by atoms with Crippen LogP contribution in [0.15, 0.2) is 185 Å². The first-order valence-electron chi connectivity index (χ1n) is 29.1. The number of aliphatic carboxylic acids is 1. The van der Waals surface area contributed by atoms with Gasteiger partial charge in [-0.3, -0.25) is 8.37 Å². The number of esters is 1. The Labute approximate surface area is 538 Å². The first-order chi connectivity index (χ1) is 41.2. The molecule has 12 rings (SSSR count). The van der Waals surface area contributed by atoms with Crippen molar-refractivity contribution >= 4 is 72.4 Å². The van der Waals surface area contributed by atoms with Crippen molar-refractivity contribution in [1.82, 2.24) is 4.90 Å². The van der Waals surface area contributed by atoms with E-state index < -0.39 is 61.8 Å². The monoisotopic (exact) mass is 1320 g/mol. The predicted molar refractivity (Wildman–Crippen MR) is 353 cm³/mol. The highest BCUT2D eigenvalue weighted by Gasteiger charge is 2.66. The molecule has 10 unspecified atom stereocenters. The minimum absolute atomic E-state index is 0. The Morgan fingerprint density at radius 2 is 0.989 bits per heavy atom. The number of ether oxygens (including phenoxy) is 3. The molecule has 0 aromatic heterocycles. The molecule has 6 aromatic carbocycles. The van der Waals surface area contributed by atoms with Gasteiger partial charge in [0.15, 0.2) is 42.6 Å². The number of hydrogen-bond acceptors (Lipinski definition) is 15. The number of benzene rings is 6. The van der Waals surface area contributed by atoms with Gasteiger partial charge in [-0.25, -0.2) is 19.6 Å². The highest BCUT2D eigenvalue weighted by Crippen LogP contribution is 2.56. The fraction of sp³-hybridized carbons (Fsp3) is 0.426. The van der Waals surface area contributed by atoms with Crippen molar-refractivity contribution < 1.29 is 59.2 Å². The minimum atomic E-state index is -3.54. The summed E-state index contributed by atoms with van der Waals surface area (Å²) in [5, 5.41) is 17.7. The number of carboxylic acids is 1. The number of carbonyl (C=O) groups excluding carboxylic acids is 1. The lowest BCUT2D eigenvalue weighted by Crippen LogP contribution is -2.38. The van der Waals surface area contributed by atoms with Crippen LogP contribution in [0.5, 0.6) is 11.5 Å². The molecule has 2 aliphatic heterocycles. The van der Waals surface area contributed by atoms with Crippen LogP contribution in [-0.4, -0.2) is 132 Å². The number of fused-ring (bicyclic) bond motifs is 2. The van der Waals surface area contributed by atoms with E-state index in [1.165, 1.54) is 29.4 Å². The number of aliphatic imine (C=N–C) groups is 2. The quantitative estimate of drug-likeness (QED) is 0.0269. The fourth-order valence-corrected chi connectivity index (χ4v) is 20.9. The van der Waals surface area contributed by atoms with E-state index in [0.29, 0.717) is 24.3 Å². The standard InChI is InChI=1S/C29H29O6S2.C22H20O3S.C8H17N3.C7H10O4S.2CH4.ClH/c1-18-13-23(36(21-9-5-3-6-10-21)22-11-7-4-8-12-22)14-19(2)27(18)33-17-26(30)34-28-20-15-24-25(16-20)37(31,32)35-29(24)28;1-16-13-20(14-17(2)22(16)25-15-21(23)24)26(18-9-5-3-6-10-18)19-11-7-4-8-12-19;1-4-9-8-10-6-5-7-11(2)3;8-6-3-1-4-5(2-3)12(9,10)11-7(4)6;;;/h3-14,20,24-25,28-29H,15-17H2,1-2H3;3-14H,15H2,1-2H3;4-7H2,1-3H3;3-8H,1-2H2;2*1H4;1H/q+1;;;;;;/p+1. The van der Waals surface area contributed by atoms with Crippen molar-refractivity contribution in [3.8, 4) is 11.5 Å². The smallest absolute Gasteiger partial charge is 0.344 e. The molecule has 2 heterocycles. The number of aliphatic hydroxyl groups excluding tert-OH is 1. The molecule has 2 saturated heterocycles. The van der Waals surface area contributed by atoms with Crippen molar-refractivity contribution in [2.45, 2.75) is 146 Å². The number of rotatable bonds is 18. The van der Waals surface area contributed by atoms with E-state index in [1.807, 2.05) is 58.9 Å². The summed E-state index contributed by atoms with van der Waals surface area (Å²) >= 11 is 0. The highest BCUT2D eigenvalue weighted by molar-refractivity contribution is 7.97. The molecule has 6 fully saturated rings. The summed E-state index contributed by atoms with van der Waals surface area (Å²) in [6, 6.07) is 52.9. The number of aryl methyl sites for hydroxylation is 4. The molecule has 4 saturated carbocycles. The van der Waals surface area contributed by atoms with Crippen LogP contribution < -0.4 is 9.47 Å². The molecule has 0 amide bonds. The first kappa shape index (κ1) is 72.0. The summed E-state index contributed by atoms with van der Waals surface area (Å²) in [4.78, 5) is 40.8. The van der Waals surface area contributed by atoms with Crippen molar-refractivity contribution in [2.75, 3.05) is 46.9 Å². The van der Waals surface area contributed by atoms with Crippen LogP contribution in [0, 0.1) is 51.4 Å². The van der Waals surface area contributed by atoms with E-state index in [2.05, 4.69) is 156 Å². The fourth-order valence-electron chi connectivity index (χ4n) is 12.6. The SMILES string of the molecule is C.C.CCN=C=NCCCN(C)C.Cc1cc([S+](c2ccccc2)c2ccccc2)cc(C)c1OCC(=O)O.Cc1cc([S+](c2ccccc2)c2ccccc2)cc(C)c1OCC(=O)OC1C2CC3C1OS(=O)(=O)C3C2.Cl.O=S1(=O)OC2C(O)C3CC2C1C3. The number of halogens is 1. The van der Waals surface area contributed by atoms with Crippen LogP contribution in [0.25, 0.3) is 0 Å². The van der Waals surface area contributed by atoms with Crippen LogP contribution in [0.3, 0.4) is 0 Å². The summed E-state index contributed by atoms with van der Waals surface area (Å²) in [6.45, 7) is 12.0. The van der Waals surface area contributed by atoms with E-state index in [-0.39, 0.29) is 91.2 Å². The van der Waals surface area contributed by atoms with Crippen LogP contribution in [0.1, 0.15) is 76.1 Å². The highest BCUT2D eigenvalue weighted by atomic mass is 35.5. The maximum atomic E-state index is 12.7. The van der Waals surface area contributed by atoms with Gasteiger partial charge in [-0.1, -0.05) is 87.6 Å². The summed E-state index contributed by atoms with van der Waals surface area (Å²) < 4.78 is 74.2. The Morgan fingerprint density at radius 1 is 0.596 bits per heavy atom. The van der Waals surface area contributed by atoms with E-state index in [9.17, 15) is 31.5 Å².